The highest BCUT2D eigenvalue weighted by atomic mass is 32.2. The van der Waals surface area contributed by atoms with Gasteiger partial charge in [0.2, 0.25) is 5.95 Å². The first-order valence-corrected chi connectivity index (χ1v) is 14.5. The van der Waals surface area contributed by atoms with Crippen LogP contribution in [0, 0.1) is 0 Å². The second-order valence-electron chi connectivity index (χ2n) is 11.4. The van der Waals surface area contributed by atoms with Crippen molar-refractivity contribution in [1.82, 2.24) is 9.97 Å². The third-order valence-electron chi connectivity index (χ3n) is 9.21. The zero-order chi connectivity index (χ0) is 22.9. The molecule has 0 unspecified atom stereocenters. The molecule has 0 amide bonds. The molecule has 1 atom stereocenters. The quantitative estimate of drug-likeness (QED) is 0.680. The summed E-state index contributed by atoms with van der Waals surface area (Å²) in [5.74, 6) is 2.79. The summed E-state index contributed by atoms with van der Waals surface area (Å²) in [6.07, 6.45) is 11.1. The molecule has 3 fully saturated rings. The van der Waals surface area contributed by atoms with Crippen LogP contribution in [0.2, 0.25) is 0 Å². The van der Waals surface area contributed by atoms with E-state index in [1.807, 2.05) is 0 Å². The van der Waals surface area contributed by atoms with Crippen molar-refractivity contribution in [3.05, 3.63) is 40.6 Å². The Morgan fingerprint density at radius 1 is 1.06 bits per heavy atom. The fourth-order valence-corrected chi connectivity index (χ4v) is 8.46. The highest BCUT2D eigenvalue weighted by Gasteiger charge is 2.55. The van der Waals surface area contributed by atoms with Crippen molar-refractivity contribution in [2.75, 3.05) is 35.7 Å². The summed E-state index contributed by atoms with van der Waals surface area (Å²) in [6.45, 7) is 1.98. The van der Waals surface area contributed by atoms with Gasteiger partial charge < -0.3 is 15.3 Å². The molecule has 1 aromatic carbocycles. The van der Waals surface area contributed by atoms with E-state index < -0.39 is 10.8 Å². The Morgan fingerprint density at radius 2 is 1.85 bits per heavy atom. The van der Waals surface area contributed by atoms with Gasteiger partial charge in [0.1, 0.15) is 10.7 Å². The second kappa shape index (κ2) is 7.76. The molecule has 7 heteroatoms. The molecule has 2 aromatic rings. The van der Waals surface area contributed by atoms with E-state index in [9.17, 15) is 9.32 Å². The molecule has 6 nitrogen and oxygen atoms in total. The van der Waals surface area contributed by atoms with Crippen LogP contribution in [-0.2, 0) is 29.1 Å². The van der Waals surface area contributed by atoms with Crippen LogP contribution >= 0.6 is 0 Å². The largest absolute Gasteiger partial charge is 0.394 e. The normalized spacial score (nSPS) is 26.3. The Bertz CT molecular complexity index is 1160. The highest BCUT2D eigenvalue weighted by molar-refractivity contribution is 7.85. The topological polar surface area (TPSA) is 78.4 Å². The molecule has 1 spiro atoms. The van der Waals surface area contributed by atoms with Gasteiger partial charge in [0.25, 0.3) is 0 Å². The summed E-state index contributed by atoms with van der Waals surface area (Å²) in [5, 5.41) is 13.6. The van der Waals surface area contributed by atoms with Gasteiger partial charge in [0.15, 0.2) is 0 Å². The summed E-state index contributed by atoms with van der Waals surface area (Å²) in [4.78, 5) is 13.2. The number of nitrogens with zero attached hydrogens (tertiary/aromatic N) is 3. The van der Waals surface area contributed by atoms with Gasteiger partial charge in [-0.1, -0.05) is 18.2 Å². The zero-order valence-electron chi connectivity index (χ0n) is 19.8. The van der Waals surface area contributed by atoms with Gasteiger partial charge in [-0.25, -0.2) is 4.98 Å². The van der Waals surface area contributed by atoms with Crippen molar-refractivity contribution in [3.63, 3.8) is 0 Å². The molecule has 34 heavy (non-hydrogen) atoms. The van der Waals surface area contributed by atoms with Crippen molar-refractivity contribution < 1.29 is 9.32 Å². The van der Waals surface area contributed by atoms with Gasteiger partial charge in [-0.3, -0.25) is 4.21 Å². The standard InChI is InChI=1S/C27H34N4O2S/c32-16-27(9-2-10-27)30-24-22-23(26(11-12-26)17-34(22)33)28-25(29-24)31-13-7-19(8-14-31)21-6-5-18-3-1-4-20(18)15-21/h5-6,15,19,32H,1-4,7-14,16-17H2,(H,28,29,30)/t34-/m1/s1. The Kier molecular flexibility index (Phi) is 4.86. The maximum absolute atomic E-state index is 13.1. The van der Waals surface area contributed by atoms with E-state index in [1.165, 1.54) is 24.8 Å². The minimum Gasteiger partial charge on any atom is -0.394 e. The molecule has 2 N–H and O–H groups in total. The lowest BCUT2D eigenvalue weighted by Crippen LogP contribution is -2.49. The van der Waals surface area contributed by atoms with E-state index in [1.54, 1.807) is 11.1 Å². The zero-order valence-corrected chi connectivity index (χ0v) is 20.6. The first-order chi connectivity index (χ1) is 16.6. The molecule has 3 heterocycles. The molecular weight excluding hydrogens is 444 g/mol. The van der Waals surface area contributed by atoms with Crippen molar-refractivity contribution in [2.24, 2.45) is 0 Å². The molecule has 7 rings (SSSR count). The Morgan fingerprint density at radius 3 is 2.56 bits per heavy atom. The molecule has 0 radical (unpaired) electrons. The van der Waals surface area contributed by atoms with E-state index >= 15 is 0 Å². The van der Waals surface area contributed by atoms with Crippen LogP contribution in [0.3, 0.4) is 0 Å². The van der Waals surface area contributed by atoms with Crippen LogP contribution in [0.1, 0.15) is 79.7 Å². The maximum atomic E-state index is 13.1. The summed E-state index contributed by atoms with van der Waals surface area (Å²) in [7, 11) is -1.06. The number of aromatic nitrogens is 2. The summed E-state index contributed by atoms with van der Waals surface area (Å²) >= 11 is 0. The van der Waals surface area contributed by atoms with Gasteiger partial charge in [-0.15, -0.1) is 0 Å². The Hall–Kier alpha value is -1.99. The third-order valence-corrected chi connectivity index (χ3v) is 10.9. The number of aliphatic hydroxyl groups excluding tert-OH is 1. The van der Waals surface area contributed by atoms with E-state index in [0.29, 0.717) is 11.7 Å². The number of aryl methyl sites for hydroxylation is 2. The lowest BCUT2D eigenvalue weighted by molar-refractivity contribution is 0.143. The van der Waals surface area contributed by atoms with Gasteiger partial charge in [0, 0.05) is 24.3 Å². The Balaban J connectivity index is 1.16. The average molecular weight is 479 g/mol. The summed E-state index contributed by atoms with van der Waals surface area (Å²) in [6, 6.07) is 7.19. The third kappa shape index (κ3) is 3.34. The van der Waals surface area contributed by atoms with Crippen molar-refractivity contribution in [3.8, 4) is 0 Å². The van der Waals surface area contributed by atoms with Gasteiger partial charge in [-0.05, 0) is 86.8 Å². The number of rotatable bonds is 5. The smallest absolute Gasteiger partial charge is 0.227 e. The number of piperidine rings is 1. The SMILES string of the molecule is O=[S@@]1CC2(CC2)c2nc(N3CCC(c4ccc5c(c4)CCC5)CC3)nc(NC3(CO)CCC3)c21. The van der Waals surface area contributed by atoms with E-state index in [2.05, 4.69) is 28.4 Å². The van der Waals surface area contributed by atoms with Crippen molar-refractivity contribution in [2.45, 2.75) is 86.0 Å². The number of aliphatic hydroxyl groups is 1. The molecular formula is C27H34N4O2S. The van der Waals surface area contributed by atoms with Crippen molar-refractivity contribution in [1.29, 1.82) is 0 Å². The van der Waals surface area contributed by atoms with Crippen LogP contribution in [0.25, 0.3) is 0 Å². The van der Waals surface area contributed by atoms with Crippen LogP contribution in [0.15, 0.2) is 23.1 Å². The average Bonchev–Trinajstić information content (AvgIpc) is 3.35. The molecule has 3 aliphatic carbocycles. The molecule has 0 bridgehead atoms. The highest BCUT2D eigenvalue weighted by Crippen LogP contribution is 2.56. The molecule has 1 aromatic heterocycles. The van der Waals surface area contributed by atoms with Crippen LogP contribution in [0.5, 0.6) is 0 Å². The minimum atomic E-state index is -1.06. The molecule has 5 aliphatic rings. The number of fused-ring (bicyclic) bond motifs is 3. The van der Waals surface area contributed by atoms with Crippen LogP contribution < -0.4 is 10.2 Å². The van der Waals surface area contributed by atoms with Gasteiger partial charge in [-0.2, -0.15) is 4.98 Å². The summed E-state index contributed by atoms with van der Waals surface area (Å²) in [5.41, 5.74) is 5.32. The first-order valence-electron chi connectivity index (χ1n) is 13.1. The number of hydrogen-bond acceptors (Lipinski definition) is 6. The Labute approximate surface area is 204 Å². The fourth-order valence-electron chi connectivity index (χ4n) is 6.60. The van der Waals surface area contributed by atoms with E-state index in [0.717, 1.165) is 80.4 Å². The lowest BCUT2D eigenvalue weighted by Gasteiger charge is -2.42. The van der Waals surface area contributed by atoms with Crippen molar-refractivity contribution >= 4 is 22.6 Å². The van der Waals surface area contributed by atoms with Gasteiger partial charge in [0.05, 0.1) is 28.6 Å². The molecule has 2 saturated carbocycles. The molecule has 1 saturated heterocycles. The number of nitrogens with one attached hydrogen (secondary N) is 1. The van der Waals surface area contributed by atoms with Gasteiger partial charge >= 0.3 is 0 Å². The number of anilines is 2. The van der Waals surface area contributed by atoms with Crippen LogP contribution in [-0.4, -0.2) is 50.3 Å². The fraction of sp³-hybridized carbons (Fsp3) is 0.630. The minimum absolute atomic E-state index is 0.00302. The maximum Gasteiger partial charge on any atom is 0.227 e. The summed E-state index contributed by atoms with van der Waals surface area (Å²) < 4.78 is 13.1. The van der Waals surface area contributed by atoms with Crippen LogP contribution in [0.4, 0.5) is 11.8 Å². The predicted octanol–water partition coefficient (Wildman–Crippen LogP) is 3.83. The number of hydrogen-bond donors (Lipinski definition) is 2. The lowest BCUT2D eigenvalue weighted by atomic mass is 9.77. The monoisotopic (exact) mass is 478 g/mol. The molecule has 2 aliphatic heterocycles. The molecule has 180 valence electrons. The number of benzene rings is 1. The second-order valence-corrected chi connectivity index (χ2v) is 12.8. The van der Waals surface area contributed by atoms with E-state index in [4.69, 9.17) is 9.97 Å². The first kappa shape index (κ1) is 21.3. The predicted molar refractivity (Wildman–Crippen MR) is 134 cm³/mol. The van der Waals surface area contributed by atoms with E-state index in [-0.39, 0.29) is 17.6 Å².